The van der Waals surface area contributed by atoms with Crippen LogP contribution in [0.4, 0.5) is 8.78 Å². The maximum atomic E-state index is 12.8. The van der Waals surface area contributed by atoms with Crippen molar-refractivity contribution in [2.24, 2.45) is 0 Å². The van der Waals surface area contributed by atoms with Crippen LogP contribution >= 0.6 is 15.9 Å². The summed E-state index contributed by atoms with van der Waals surface area (Å²) < 4.78 is 25.1. The number of carbonyl (C=O) groups is 2. The Kier molecular flexibility index (Phi) is 14.8. The number of hydrogen-bond acceptors (Lipinski definition) is 2. The van der Waals surface area contributed by atoms with E-state index in [4.69, 9.17) is 0 Å². The zero-order valence-electron chi connectivity index (χ0n) is 21.3. The SMILES string of the molecule is CC(Br)c1ccc(F)cc1.CC(c1ccc(F)cc1)N1CCCCC1=O.O=C1CCCCN1.[H-].[Na+]. The van der Waals surface area contributed by atoms with Crippen molar-refractivity contribution in [1.29, 1.82) is 0 Å². The molecule has 2 saturated heterocycles. The third-order valence-corrected chi connectivity index (χ3v) is 6.19. The second-order valence-corrected chi connectivity index (χ2v) is 9.62. The second-order valence-electron chi connectivity index (χ2n) is 8.25. The number of amides is 2. The number of nitrogens with zero attached hydrogens (tertiary/aromatic N) is 1. The van der Waals surface area contributed by atoms with Gasteiger partial charge in [-0.2, -0.15) is 0 Å². The number of halogens is 3. The number of piperidine rings is 2. The first kappa shape index (κ1) is 30.8. The molecule has 0 bridgehead atoms. The molecule has 4 rings (SSSR count). The summed E-state index contributed by atoms with van der Waals surface area (Å²) in [4.78, 5) is 24.3. The third kappa shape index (κ3) is 11.0. The van der Waals surface area contributed by atoms with Crippen LogP contribution in [0.3, 0.4) is 0 Å². The van der Waals surface area contributed by atoms with Crippen LogP contribution in [0.1, 0.15) is 75.8 Å². The summed E-state index contributed by atoms with van der Waals surface area (Å²) in [7, 11) is 0. The molecule has 1 N–H and O–H groups in total. The Morgan fingerprint density at radius 1 is 0.853 bits per heavy atom. The van der Waals surface area contributed by atoms with Crippen LogP contribution in [-0.4, -0.2) is 29.8 Å². The molecule has 4 nitrogen and oxygen atoms in total. The molecule has 2 heterocycles. The summed E-state index contributed by atoms with van der Waals surface area (Å²) >= 11 is 3.38. The van der Waals surface area contributed by atoms with Crippen molar-refractivity contribution in [2.45, 2.75) is 63.2 Å². The molecule has 2 aliphatic heterocycles. The average Bonchev–Trinajstić information content (AvgIpc) is 2.81. The van der Waals surface area contributed by atoms with Gasteiger partial charge in [-0.25, -0.2) is 8.78 Å². The summed E-state index contributed by atoms with van der Waals surface area (Å²) in [5.41, 5.74) is 2.10. The molecule has 2 fully saturated rings. The number of benzene rings is 2. The van der Waals surface area contributed by atoms with Crippen LogP contribution in [0.5, 0.6) is 0 Å². The molecule has 2 unspecified atom stereocenters. The van der Waals surface area contributed by atoms with Gasteiger partial charge in [0.15, 0.2) is 0 Å². The van der Waals surface area contributed by atoms with E-state index in [9.17, 15) is 18.4 Å². The van der Waals surface area contributed by atoms with Crippen molar-refractivity contribution in [3.8, 4) is 0 Å². The number of hydrogen-bond donors (Lipinski definition) is 1. The van der Waals surface area contributed by atoms with Gasteiger partial charge in [0.05, 0.1) is 6.04 Å². The van der Waals surface area contributed by atoms with Crippen molar-refractivity contribution in [1.82, 2.24) is 10.2 Å². The Morgan fingerprint density at radius 3 is 1.79 bits per heavy atom. The number of alkyl halides is 1. The van der Waals surface area contributed by atoms with Crippen molar-refractivity contribution >= 4 is 27.7 Å². The summed E-state index contributed by atoms with van der Waals surface area (Å²) in [6, 6.07) is 12.9. The van der Waals surface area contributed by atoms with E-state index in [0.29, 0.717) is 11.2 Å². The molecule has 0 radical (unpaired) electrons. The smallest absolute Gasteiger partial charge is 1.00 e. The Hall–Kier alpha value is -1.28. The van der Waals surface area contributed by atoms with Crippen LogP contribution in [0, 0.1) is 11.6 Å². The Morgan fingerprint density at radius 2 is 1.38 bits per heavy atom. The Balaban J connectivity index is 0.000000525. The van der Waals surface area contributed by atoms with Gasteiger partial charge >= 0.3 is 29.6 Å². The van der Waals surface area contributed by atoms with Gasteiger partial charge in [-0.3, -0.25) is 9.59 Å². The van der Waals surface area contributed by atoms with E-state index >= 15 is 0 Å². The van der Waals surface area contributed by atoms with Gasteiger partial charge in [-0.15, -0.1) is 0 Å². The zero-order chi connectivity index (χ0) is 24.2. The molecule has 0 aromatic heterocycles. The van der Waals surface area contributed by atoms with E-state index < -0.39 is 0 Å². The summed E-state index contributed by atoms with van der Waals surface area (Å²) in [6.07, 6.45) is 5.67. The molecule has 2 aliphatic rings. The third-order valence-electron chi connectivity index (χ3n) is 5.66. The average molecular weight is 547 g/mol. The maximum absolute atomic E-state index is 12.8. The van der Waals surface area contributed by atoms with Crippen LogP contribution in [0.25, 0.3) is 0 Å². The Labute approximate surface area is 233 Å². The Bertz CT molecular complexity index is 878. The fourth-order valence-corrected chi connectivity index (χ4v) is 3.92. The number of nitrogens with one attached hydrogen (secondary N) is 1. The molecule has 0 saturated carbocycles. The van der Waals surface area contributed by atoms with Crippen molar-refractivity contribution in [3.63, 3.8) is 0 Å². The normalized spacial score (nSPS) is 17.0. The van der Waals surface area contributed by atoms with Crippen LogP contribution in [0.2, 0.25) is 0 Å². The van der Waals surface area contributed by atoms with E-state index in [1.54, 1.807) is 24.3 Å². The first-order valence-electron chi connectivity index (χ1n) is 11.5. The molecule has 8 heteroatoms. The molecule has 2 atom stereocenters. The largest absolute Gasteiger partial charge is 1.00 e. The first-order chi connectivity index (χ1) is 15.8. The maximum Gasteiger partial charge on any atom is 1.00 e. The molecule has 0 spiro atoms. The molecule has 182 valence electrons. The molecule has 2 amide bonds. The molecule has 0 aliphatic carbocycles. The topological polar surface area (TPSA) is 49.4 Å². The minimum absolute atomic E-state index is 0. The van der Waals surface area contributed by atoms with E-state index in [2.05, 4.69) is 21.2 Å². The van der Waals surface area contributed by atoms with E-state index in [1.807, 2.05) is 18.7 Å². The van der Waals surface area contributed by atoms with E-state index in [-0.39, 0.29) is 60.5 Å². The van der Waals surface area contributed by atoms with Gasteiger partial charge in [-0.05, 0) is 74.9 Å². The number of likely N-dealkylation sites (tertiary alicyclic amines) is 1. The summed E-state index contributed by atoms with van der Waals surface area (Å²) in [5.74, 6) is 0.00662. The van der Waals surface area contributed by atoms with Gasteiger partial charge in [-0.1, -0.05) is 40.2 Å². The fourth-order valence-electron chi connectivity index (χ4n) is 3.61. The van der Waals surface area contributed by atoms with Crippen molar-refractivity contribution in [3.05, 3.63) is 71.3 Å². The number of rotatable bonds is 3. The van der Waals surface area contributed by atoms with Gasteiger partial charge in [0, 0.05) is 30.8 Å². The summed E-state index contributed by atoms with van der Waals surface area (Å²) in [6.45, 7) is 5.71. The molecule has 2 aromatic rings. The standard InChI is InChI=1S/C13H16FNO.C8H8BrF.C5H9NO.Na.H/c1-10(11-5-7-12(14)8-6-11)15-9-3-2-4-13(15)16;1-6(9)7-2-4-8(10)5-3-7;7-5-3-1-2-4-6-5;;/h5-8,10H,2-4,9H2,1H3;2-6H,1H3;1-4H2,(H,6,7);;/q;;;+1;-1. The minimum Gasteiger partial charge on any atom is -1.00 e. The van der Waals surface area contributed by atoms with Gasteiger partial charge in [0.2, 0.25) is 11.8 Å². The van der Waals surface area contributed by atoms with Gasteiger partial charge in [0.1, 0.15) is 11.6 Å². The number of carbonyl (C=O) groups excluding carboxylic acids is 2. The monoisotopic (exact) mass is 546 g/mol. The predicted molar refractivity (Wildman–Crippen MR) is 132 cm³/mol. The van der Waals surface area contributed by atoms with E-state index in [1.165, 1.54) is 24.3 Å². The van der Waals surface area contributed by atoms with Crippen molar-refractivity contribution in [2.75, 3.05) is 13.1 Å². The van der Waals surface area contributed by atoms with Gasteiger partial charge in [0.25, 0.3) is 0 Å². The summed E-state index contributed by atoms with van der Waals surface area (Å²) in [5, 5.41) is 2.74. The first-order valence-corrected chi connectivity index (χ1v) is 12.4. The van der Waals surface area contributed by atoms with E-state index in [0.717, 1.165) is 56.3 Å². The quantitative estimate of drug-likeness (QED) is 0.472. The second kappa shape index (κ2) is 16.4. The fraction of sp³-hybridized carbons (Fsp3) is 0.462. The van der Waals surface area contributed by atoms with Crippen LogP contribution in [-0.2, 0) is 9.59 Å². The van der Waals surface area contributed by atoms with Gasteiger partial charge < -0.3 is 11.6 Å². The molecule has 34 heavy (non-hydrogen) atoms. The molecule has 2 aromatic carbocycles. The zero-order valence-corrected chi connectivity index (χ0v) is 23.9. The van der Waals surface area contributed by atoms with Crippen LogP contribution in [0.15, 0.2) is 48.5 Å². The predicted octanol–water partition coefficient (Wildman–Crippen LogP) is 3.58. The molecular weight excluding hydrogens is 513 g/mol. The molecular formula is C26H34BrF2N2NaO2. The van der Waals surface area contributed by atoms with Crippen molar-refractivity contribution < 1.29 is 49.4 Å². The van der Waals surface area contributed by atoms with Crippen LogP contribution < -0.4 is 34.9 Å². The minimum atomic E-state index is -0.235.